The predicted molar refractivity (Wildman–Crippen MR) is 382 cm³/mol. The standard InChI is InChI=1S/C11H14N2.C11H14O2.C9H11NS.C9H15N.C8H11ClS.C8H10N2S.C8H14N2.C8H12O.C2H4/c1-11(2,3)10-12-8-6-4-5-7-9(8)13-10;1-11(2,3)8-4-5-9-10(6-8)13-7-12-9;1-9(2,3)8-5-4-7(6-10)11-8;1-9(2,3)8-6-5-7-10(8)4;1-8(2,3)6-4-5-7(9)10-6;1-8(2,3)7-10-6(4-9)5-11-7;1-8(2,3)7-5-9-10(4)6-7;1-8(2,3)7-4-5-9-6-7;1-2/h4-7H,1-3H3,(H,12,13);4-6H,7H2,1-3H3;4-5H,1-3H3;5-7H,1-4H3;4-5H,1-3H3;5H,1-3H3;5-6H,1-4H3;4-6H,1-3H3;1-2H2. The number of thiazole rings is 1. The molecule has 0 fully saturated rings. The summed E-state index contributed by atoms with van der Waals surface area (Å²) in [7, 11) is 4.02. The number of aryl methyl sites for hydroxylation is 2. The normalized spacial score (nSPS) is 12.0. The zero-order valence-corrected chi connectivity index (χ0v) is 61.8. The number of nitrogens with one attached hydrogen (secondary N) is 1. The Morgan fingerprint density at radius 1 is 0.573 bits per heavy atom. The molecular formula is C74H105ClN8O3S3. The van der Waals surface area contributed by atoms with Gasteiger partial charge in [0.25, 0.3) is 0 Å². The lowest BCUT2D eigenvalue weighted by Crippen LogP contribution is -2.15. The molecule has 0 aliphatic carbocycles. The molecule has 2 aromatic carbocycles. The van der Waals surface area contributed by atoms with Crippen LogP contribution in [-0.2, 0) is 57.4 Å². The summed E-state index contributed by atoms with van der Waals surface area (Å²) in [6.07, 6.45) is 9.56. The Kier molecular flexibility index (Phi) is 29.4. The number of hydrogen-bond donors (Lipinski definition) is 1. The van der Waals surface area contributed by atoms with E-state index >= 15 is 0 Å². The van der Waals surface area contributed by atoms with E-state index in [9.17, 15) is 0 Å². The molecule has 0 atom stereocenters. The first-order chi connectivity index (χ1) is 40.8. The van der Waals surface area contributed by atoms with Gasteiger partial charge in [-0.3, -0.25) is 4.68 Å². The lowest BCUT2D eigenvalue weighted by molar-refractivity contribution is 0.174. The molecule has 0 radical (unpaired) electrons. The molecular weight excluding hydrogens is 1180 g/mol. The second-order valence-corrected chi connectivity index (χ2v) is 33.3. The van der Waals surface area contributed by atoms with Gasteiger partial charge in [-0.15, -0.1) is 47.2 Å². The highest BCUT2D eigenvalue weighted by molar-refractivity contribution is 7.16. The number of imidazole rings is 1. The van der Waals surface area contributed by atoms with Crippen molar-refractivity contribution in [3.63, 3.8) is 0 Å². The molecule has 0 saturated heterocycles. The van der Waals surface area contributed by atoms with E-state index in [4.69, 9.17) is 36.0 Å². The molecule has 8 heterocycles. The number of aromatic amines is 1. The van der Waals surface area contributed by atoms with Gasteiger partial charge in [-0.1, -0.05) is 196 Å². The Labute approximate surface area is 553 Å². The van der Waals surface area contributed by atoms with Crippen molar-refractivity contribution in [2.24, 2.45) is 14.1 Å². The van der Waals surface area contributed by atoms with E-state index in [0.29, 0.717) is 12.5 Å². The molecule has 11 nitrogen and oxygen atoms in total. The smallest absolute Gasteiger partial charge is 0.231 e. The Bertz CT molecular complexity index is 3430. The summed E-state index contributed by atoms with van der Waals surface area (Å²) in [5, 5.41) is 24.0. The molecule has 9 aromatic rings. The van der Waals surface area contributed by atoms with Crippen molar-refractivity contribution >= 4 is 56.6 Å². The molecule has 0 amide bonds. The molecule has 1 aliphatic heterocycles. The van der Waals surface area contributed by atoms with Crippen LogP contribution in [0.25, 0.3) is 11.0 Å². The molecule has 0 bridgehead atoms. The van der Waals surface area contributed by atoms with Crippen LogP contribution < -0.4 is 9.47 Å². The van der Waals surface area contributed by atoms with Crippen molar-refractivity contribution in [2.45, 2.75) is 209 Å². The highest BCUT2D eigenvalue weighted by Gasteiger charge is 2.22. The van der Waals surface area contributed by atoms with Crippen LogP contribution in [0.4, 0.5) is 0 Å². The van der Waals surface area contributed by atoms with Gasteiger partial charge in [-0.2, -0.15) is 15.6 Å². The van der Waals surface area contributed by atoms with E-state index in [-0.39, 0.29) is 43.3 Å². The number of ether oxygens (including phenoxy) is 2. The zero-order valence-electron chi connectivity index (χ0n) is 58.6. The molecule has 0 saturated carbocycles. The molecule has 1 aliphatic rings. The highest BCUT2D eigenvalue weighted by atomic mass is 35.5. The van der Waals surface area contributed by atoms with Crippen molar-refractivity contribution in [3.05, 3.63) is 192 Å². The molecule has 0 spiro atoms. The van der Waals surface area contributed by atoms with Gasteiger partial charge < -0.3 is 23.4 Å². The Balaban J connectivity index is 0.000000346. The first kappa shape index (κ1) is 78.4. The van der Waals surface area contributed by atoms with Crippen molar-refractivity contribution in [3.8, 4) is 23.6 Å². The summed E-state index contributed by atoms with van der Waals surface area (Å²) in [6.45, 7) is 58.4. The van der Waals surface area contributed by atoms with E-state index in [1.807, 2.05) is 72.5 Å². The van der Waals surface area contributed by atoms with E-state index in [1.165, 1.54) is 32.1 Å². The van der Waals surface area contributed by atoms with Crippen LogP contribution in [0, 0.1) is 22.7 Å². The van der Waals surface area contributed by atoms with Crippen LogP contribution in [0.2, 0.25) is 4.34 Å². The summed E-state index contributed by atoms with van der Waals surface area (Å²) in [5.74, 6) is 2.77. The number of para-hydroxylation sites is 2. The lowest BCUT2D eigenvalue weighted by Gasteiger charge is -2.19. The zero-order chi connectivity index (χ0) is 68.1. The van der Waals surface area contributed by atoms with Crippen LogP contribution in [-0.4, -0.2) is 36.1 Å². The van der Waals surface area contributed by atoms with Crippen LogP contribution in [0.5, 0.6) is 11.5 Å². The Hall–Kier alpha value is -6.68. The molecule has 484 valence electrons. The predicted octanol–water partition coefficient (Wildman–Crippen LogP) is 21.9. The van der Waals surface area contributed by atoms with Crippen molar-refractivity contribution in [1.29, 1.82) is 10.5 Å². The fourth-order valence-electron chi connectivity index (χ4n) is 7.60. The number of fused-ring (bicyclic) bond motifs is 2. The number of H-pyrrole nitrogens is 1. The first-order valence-corrected chi connectivity index (χ1v) is 32.8. The summed E-state index contributed by atoms with van der Waals surface area (Å²) in [5.41, 5.74) is 9.39. The van der Waals surface area contributed by atoms with E-state index in [0.717, 1.165) is 42.6 Å². The number of nitriles is 2. The molecule has 10 rings (SSSR count). The van der Waals surface area contributed by atoms with Crippen LogP contribution in [0.15, 0.2) is 139 Å². The summed E-state index contributed by atoms with van der Waals surface area (Å²) < 4.78 is 20.4. The van der Waals surface area contributed by atoms with Crippen LogP contribution in [0.1, 0.15) is 220 Å². The highest BCUT2D eigenvalue weighted by Crippen LogP contribution is 2.37. The maximum Gasteiger partial charge on any atom is 0.231 e. The molecule has 1 N–H and O–H groups in total. The van der Waals surface area contributed by atoms with Gasteiger partial charge in [0, 0.05) is 63.6 Å². The third kappa shape index (κ3) is 27.5. The topological polar surface area (TPSA) is 144 Å². The van der Waals surface area contributed by atoms with Crippen molar-refractivity contribution < 1.29 is 13.9 Å². The number of benzene rings is 2. The third-order valence-corrected chi connectivity index (χ3v) is 17.4. The summed E-state index contributed by atoms with van der Waals surface area (Å²) in [6, 6.07) is 32.6. The molecule has 7 aromatic heterocycles. The number of aromatic nitrogens is 6. The monoisotopic (exact) mass is 1280 g/mol. The van der Waals surface area contributed by atoms with Crippen LogP contribution in [0.3, 0.4) is 0 Å². The quantitative estimate of drug-likeness (QED) is 0.148. The Morgan fingerprint density at radius 2 is 1.15 bits per heavy atom. The second-order valence-electron chi connectivity index (χ2n) is 29.6. The maximum atomic E-state index is 8.58. The van der Waals surface area contributed by atoms with Gasteiger partial charge >= 0.3 is 0 Å². The van der Waals surface area contributed by atoms with E-state index < -0.39 is 0 Å². The molecule has 0 unspecified atom stereocenters. The lowest BCUT2D eigenvalue weighted by atomic mass is 9.87. The summed E-state index contributed by atoms with van der Waals surface area (Å²) >= 11 is 10.6. The second kappa shape index (κ2) is 33.4. The number of rotatable bonds is 0. The van der Waals surface area contributed by atoms with Crippen LogP contribution >= 0.6 is 45.6 Å². The number of hydrogen-bond acceptors (Lipinski definition) is 11. The number of thiophene rings is 2. The van der Waals surface area contributed by atoms with Crippen molar-refractivity contribution in [1.82, 2.24) is 29.3 Å². The SMILES string of the molecule is C=C.CC(C)(C)c1ccc(C#N)s1.CC(C)(C)c1ccc(Cl)s1.CC(C)(C)c1ccc2c(c1)OCO2.CC(C)(C)c1ccoc1.CC(C)(C)c1nc(C#N)cs1.CC(C)(C)c1nc2ccccc2[nH]1.Cn1cc(C(C)(C)C)cn1.Cn1cccc1C(C)(C)C. The molecule has 15 heteroatoms. The van der Waals surface area contributed by atoms with Gasteiger partial charge in [0.05, 0.1) is 39.1 Å². The number of nitrogens with zero attached hydrogens (tertiary/aromatic N) is 7. The minimum Gasteiger partial charge on any atom is -0.472 e. The van der Waals surface area contributed by atoms with Gasteiger partial charge in [-0.05, 0) is 110 Å². The van der Waals surface area contributed by atoms with E-state index in [1.54, 1.807) is 51.9 Å². The Morgan fingerprint density at radius 3 is 1.49 bits per heavy atom. The van der Waals surface area contributed by atoms with Gasteiger partial charge in [0.2, 0.25) is 6.79 Å². The average Bonchev–Trinajstić information content (AvgIpc) is 3.14. The largest absolute Gasteiger partial charge is 0.472 e. The minimum atomic E-state index is 0.0692. The number of halogens is 1. The minimum absolute atomic E-state index is 0.0692. The third-order valence-electron chi connectivity index (χ3n) is 13.0. The fourth-order valence-corrected chi connectivity index (χ4v) is 10.4. The van der Waals surface area contributed by atoms with Gasteiger partial charge in [-0.25, -0.2) is 9.97 Å². The van der Waals surface area contributed by atoms with E-state index in [2.05, 4.69) is 266 Å². The first-order valence-electron chi connectivity index (χ1n) is 30.0. The maximum absolute atomic E-state index is 8.58. The van der Waals surface area contributed by atoms with Gasteiger partial charge in [0.15, 0.2) is 17.2 Å². The molecule has 89 heavy (non-hydrogen) atoms. The van der Waals surface area contributed by atoms with Crippen molar-refractivity contribution in [2.75, 3.05) is 6.79 Å². The summed E-state index contributed by atoms with van der Waals surface area (Å²) in [4.78, 5) is 15.4. The average molecular weight is 1290 g/mol. The van der Waals surface area contributed by atoms with Gasteiger partial charge in [0.1, 0.15) is 22.8 Å². The fraction of sp³-hybridized carbons (Fsp3) is 0.473. The number of furan rings is 1.